The lowest BCUT2D eigenvalue weighted by Gasteiger charge is -2.41. The lowest BCUT2D eigenvalue weighted by atomic mass is 9.87. The monoisotopic (exact) mass is 568 g/mol. The van der Waals surface area contributed by atoms with Gasteiger partial charge in [-0.3, -0.25) is 0 Å². The van der Waals surface area contributed by atoms with Crippen LogP contribution in [0.5, 0.6) is 0 Å². The fourth-order valence-electron chi connectivity index (χ4n) is 8.29. The van der Waals surface area contributed by atoms with Crippen molar-refractivity contribution in [2.45, 2.75) is 52.0 Å². The van der Waals surface area contributed by atoms with Crippen LogP contribution >= 0.6 is 0 Å². The van der Waals surface area contributed by atoms with E-state index < -0.39 is 0 Å². The van der Waals surface area contributed by atoms with E-state index in [9.17, 15) is 0 Å². The number of para-hydroxylation sites is 3. The molecule has 0 aromatic heterocycles. The second-order valence-electron chi connectivity index (χ2n) is 12.8. The highest BCUT2D eigenvalue weighted by Crippen LogP contribution is 2.45. The SMILES string of the molecule is Cc1c2c(c(C)c3cc(N4c5ccccc5Cc5ccccc54)ccc13)=CCC(N1C3=C(C=CCC3)Cc3ccccc31)C=2. The van der Waals surface area contributed by atoms with Gasteiger partial charge in [-0.05, 0) is 118 Å². The van der Waals surface area contributed by atoms with Crippen molar-refractivity contribution < 1.29 is 0 Å². The molecule has 0 N–H and O–H groups in total. The van der Waals surface area contributed by atoms with E-state index in [-0.39, 0.29) is 0 Å². The molecule has 0 fully saturated rings. The Labute approximate surface area is 259 Å². The van der Waals surface area contributed by atoms with Crippen LogP contribution in [-0.4, -0.2) is 6.04 Å². The van der Waals surface area contributed by atoms with Gasteiger partial charge in [0.2, 0.25) is 0 Å². The van der Waals surface area contributed by atoms with E-state index in [2.05, 4.69) is 139 Å². The summed E-state index contributed by atoms with van der Waals surface area (Å²) in [7, 11) is 0. The molecule has 5 aromatic carbocycles. The van der Waals surface area contributed by atoms with E-state index in [1.807, 2.05) is 0 Å². The van der Waals surface area contributed by atoms with Crippen LogP contribution in [0, 0.1) is 13.8 Å². The Morgan fingerprint density at radius 1 is 0.659 bits per heavy atom. The van der Waals surface area contributed by atoms with Gasteiger partial charge in [-0.1, -0.05) is 85.0 Å². The van der Waals surface area contributed by atoms with E-state index in [0.29, 0.717) is 6.04 Å². The number of aryl methyl sites for hydroxylation is 2. The first kappa shape index (κ1) is 25.7. The van der Waals surface area contributed by atoms with Crippen molar-refractivity contribution in [1.29, 1.82) is 0 Å². The second kappa shape index (κ2) is 9.86. The number of allylic oxidation sites excluding steroid dienone is 4. The maximum Gasteiger partial charge on any atom is 0.0563 e. The molecule has 9 rings (SSSR count). The molecule has 0 saturated carbocycles. The van der Waals surface area contributed by atoms with E-state index in [1.165, 1.54) is 83.0 Å². The average molecular weight is 569 g/mol. The molecule has 214 valence electrons. The molecule has 0 bridgehead atoms. The molecule has 2 nitrogen and oxygen atoms in total. The Morgan fingerprint density at radius 2 is 1.32 bits per heavy atom. The molecule has 4 aliphatic rings. The van der Waals surface area contributed by atoms with E-state index in [0.717, 1.165) is 32.1 Å². The quantitative estimate of drug-likeness (QED) is 0.206. The minimum atomic E-state index is 0.316. The van der Waals surface area contributed by atoms with Gasteiger partial charge >= 0.3 is 0 Å². The highest BCUT2D eigenvalue weighted by Gasteiger charge is 2.30. The van der Waals surface area contributed by atoms with Gasteiger partial charge in [-0.15, -0.1) is 0 Å². The first-order chi connectivity index (χ1) is 21.7. The van der Waals surface area contributed by atoms with Crippen LogP contribution in [0.1, 0.15) is 47.1 Å². The van der Waals surface area contributed by atoms with Gasteiger partial charge in [0.1, 0.15) is 0 Å². The molecule has 1 unspecified atom stereocenters. The van der Waals surface area contributed by atoms with Gasteiger partial charge in [-0.2, -0.15) is 0 Å². The second-order valence-corrected chi connectivity index (χ2v) is 12.8. The highest BCUT2D eigenvalue weighted by atomic mass is 15.2. The normalized spacial score (nSPS) is 18.1. The third-order valence-corrected chi connectivity index (χ3v) is 10.4. The molecule has 0 saturated heterocycles. The van der Waals surface area contributed by atoms with Crippen LogP contribution in [-0.2, 0) is 12.8 Å². The van der Waals surface area contributed by atoms with Crippen LogP contribution in [0.4, 0.5) is 22.7 Å². The first-order valence-electron chi connectivity index (χ1n) is 16.1. The van der Waals surface area contributed by atoms with E-state index >= 15 is 0 Å². The molecular formula is C42H36N2. The zero-order valence-electron chi connectivity index (χ0n) is 25.5. The van der Waals surface area contributed by atoms with Crippen LogP contribution in [0.15, 0.2) is 114 Å². The molecule has 2 heterocycles. The minimum absolute atomic E-state index is 0.316. The van der Waals surface area contributed by atoms with Crippen molar-refractivity contribution in [1.82, 2.24) is 0 Å². The van der Waals surface area contributed by atoms with Gasteiger partial charge in [0, 0.05) is 41.3 Å². The van der Waals surface area contributed by atoms with Crippen molar-refractivity contribution in [3.05, 3.63) is 153 Å². The summed E-state index contributed by atoms with van der Waals surface area (Å²) in [6, 6.07) is 34.2. The molecule has 44 heavy (non-hydrogen) atoms. The Morgan fingerprint density at radius 3 is 2.07 bits per heavy atom. The van der Waals surface area contributed by atoms with Gasteiger partial charge in [0.15, 0.2) is 0 Å². The minimum Gasteiger partial charge on any atom is -0.337 e. The third-order valence-electron chi connectivity index (χ3n) is 10.4. The molecular weight excluding hydrogens is 532 g/mol. The topological polar surface area (TPSA) is 6.48 Å². The molecule has 0 radical (unpaired) electrons. The maximum atomic E-state index is 2.67. The van der Waals surface area contributed by atoms with Crippen LogP contribution in [0.3, 0.4) is 0 Å². The summed E-state index contributed by atoms with van der Waals surface area (Å²) in [5.41, 5.74) is 15.2. The number of anilines is 4. The number of fused-ring (bicyclic) bond motifs is 5. The van der Waals surface area contributed by atoms with E-state index in [4.69, 9.17) is 0 Å². The van der Waals surface area contributed by atoms with Crippen molar-refractivity contribution in [2.24, 2.45) is 0 Å². The highest BCUT2D eigenvalue weighted by molar-refractivity contribution is 5.95. The van der Waals surface area contributed by atoms with Crippen LogP contribution in [0.2, 0.25) is 0 Å². The first-order valence-corrected chi connectivity index (χ1v) is 16.1. The predicted octanol–water partition coefficient (Wildman–Crippen LogP) is 8.83. The third kappa shape index (κ3) is 3.80. The summed E-state index contributed by atoms with van der Waals surface area (Å²) < 4.78 is 0. The lowest BCUT2D eigenvalue weighted by molar-refractivity contribution is 0.725. The summed E-state index contributed by atoms with van der Waals surface area (Å²) in [6.45, 7) is 4.66. The van der Waals surface area contributed by atoms with Crippen LogP contribution < -0.4 is 20.2 Å². The van der Waals surface area contributed by atoms with Gasteiger partial charge in [0.25, 0.3) is 0 Å². The van der Waals surface area contributed by atoms with Crippen LogP contribution in [0.25, 0.3) is 22.9 Å². The average Bonchev–Trinajstić information content (AvgIpc) is 3.08. The number of hydrogen-bond acceptors (Lipinski definition) is 2. The summed E-state index contributed by atoms with van der Waals surface area (Å²) in [4.78, 5) is 5.13. The fraction of sp³-hybridized carbons (Fsp3) is 0.190. The molecule has 1 atom stereocenters. The summed E-state index contributed by atoms with van der Waals surface area (Å²) in [6.07, 6.45) is 15.1. The van der Waals surface area contributed by atoms with Crippen molar-refractivity contribution in [2.75, 3.05) is 9.80 Å². The maximum absolute atomic E-state index is 2.67. The van der Waals surface area contributed by atoms with Crippen molar-refractivity contribution in [3.8, 4) is 0 Å². The van der Waals surface area contributed by atoms with Gasteiger partial charge in [-0.25, -0.2) is 0 Å². The van der Waals surface area contributed by atoms with Crippen molar-refractivity contribution in [3.63, 3.8) is 0 Å². The van der Waals surface area contributed by atoms with Gasteiger partial charge in [0.05, 0.1) is 6.04 Å². The zero-order valence-corrected chi connectivity index (χ0v) is 25.5. The molecule has 2 heteroatoms. The predicted molar refractivity (Wildman–Crippen MR) is 186 cm³/mol. The molecule has 0 spiro atoms. The Kier molecular flexibility index (Phi) is 5.75. The molecule has 5 aromatic rings. The number of benzene rings is 5. The van der Waals surface area contributed by atoms with Gasteiger partial charge < -0.3 is 9.80 Å². The largest absolute Gasteiger partial charge is 0.337 e. The molecule has 0 amide bonds. The summed E-state index contributed by atoms with van der Waals surface area (Å²) in [5, 5.41) is 5.52. The summed E-state index contributed by atoms with van der Waals surface area (Å²) >= 11 is 0. The molecule has 2 aliphatic carbocycles. The fourth-order valence-corrected chi connectivity index (χ4v) is 8.29. The Hall–Kier alpha value is -4.82. The smallest absolute Gasteiger partial charge is 0.0563 e. The Balaban J connectivity index is 1.19. The number of rotatable bonds is 2. The van der Waals surface area contributed by atoms with E-state index in [1.54, 1.807) is 0 Å². The standard InChI is InChI=1S/C42H36N2/c1-27-35-21-19-34(44-41-17-9-5-13-31(41)24-32-14-6-10-18-42(32)44)26-38(35)28(2)36-22-20-33(25-37(27)36)43-39-15-7-3-11-29(39)23-30-12-4-8-16-40(30)43/h3-9,11-17,20-22,25-26,34H,10,18-19,23-24H2,1-2H3. The number of nitrogens with zero attached hydrogens (tertiary/aromatic N) is 2. The van der Waals surface area contributed by atoms with Crippen molar-refractivity contribution >= 4 is 45.7 Å². The zero-order chi connectivity index (χ0) is 29.4. The Bertz CT molecular complexity index is 2150. The number of hydrogen-bond donors (Lipinski definition) is 0. The summed E-state index contributed by atoms with van der Waals surface area (Å²) in [5.74, 6) is 0. The molecule has 2 aliphatic heterocycles. The lowest BCUT2D eigenvalue weighted by Crippen LogP contribution is -2.43.